The lowest BCUT2D eigenvalue weighted by atomic mass is 10.0. The number of aromatic nitrogens is 3. The highest BCUT2D eigenvalue weighted by Gasteiger charge is 2.13. The number of nitrogens with zero attached hydrogens (tertiary/aromatic N) is 4. The summed E-state index contributed by atoms with van der Waals surface area (Å²) in [5.74, 6) is 0.728. The summed E-state index contributed by atoms with van der Waals surface area (Å²) in [5.41, 5.74) is 1.66. The van der Waals surface area contributed by atoms with Crippen LogP contribution in [0.5, 0.6) is 0 Å². The van der Waals surface area contributed by atoms with E-state index in [1.54, 1.807) is 25.8 Å². The van der Waals surface area contributed by atoms with E-state index in [-0.39, 0.29) is 17.5 Å². The standard InChI is InChI=1S/C26H36N4O2.C2H6/c1-6-10-22(11-7-2)30-19-29-24-12-9-14-27-15-13-21(17-23(24)26(30)31)16-20(4)18-28-25(8-3)32-5;1-2/h8-9,12-15,17-20,22H,6-7,10-11,16H2,1-5H3;1-2H3/b12-9?,14-9?,15-13?,21-13?,21-17?,23-17?,24-12?,25-8+,27-14?,27-15?,28-18-;. The Morgan fingerprint density at radius 3 is 2.50 bits per heavy atom. The highest BCUT2D eigenvalue weighted by atomic mass is 16.5. The largest absolute Gasteiger partial charge is 0.481 e. The van der Waals surface area contributed by atoms with Crippen molar-refractivity contribution in [2.24, 2.45) is 10.9 Å². The summed E-state index contributed by atoms with van der Waals surface area (Å²) in [5, 5.41) is 0.617. The summed E-state index contributed by atoms with van der Waals surface area (Å²) in [6, 6.07) is 7.72. The molecular formula is C28H42N4O2. The molecule has 6 nitrogen and oxygen atoms in total. The lowest BCUT2D eigenvalue weighted by molar-refractivity contribution is 0.288. The molecule has 0 radical (unpaired) electrons. The van der Waals surface area contributed by atoms with Crippen molar-refractivity contribution in [3.05, 3.63) is 70.9 Å². The summed E-state index contributed by atoms with van der Waals surface area (Å²) in [6.45, 7) is 12.3. The van der Waals surface area contributed by atoms with Crippen molar-refractivity contribution in [3.63, 3.8) is 0 Å². The molecule has 2 heterocycles. The van der Waals surface area contributed by atoms with Crippen molar-refractivity contribution >= 4 is 17.1 Å². The molecule has 2 aromatic rings. The second-order valence-corrected chi connectivity index (χ2v) is 7.97. The van der Waals surface area contributed by atoms with Gasteiger partial charge in [0.25, 0.3) is 5.56 Å². The molecule has 0 aromatic carbocycles. The fourth-order valence-corrected chi connectivity index (χ4v) is 3.72. The zero-order valence-corrected chi connectivity index (χ0v) is 22.0. The summed E-state index contributed by atoms with van der Waals surface area (Å²) >= 11 is 0. The lowest BCUT2D eigenvalue weighted by Gasteiger charge is -2.18. The molecule has 0 aliphatic rings. The van der Waals surface area contributed by atoms with Gasteiger partial charge in [-0.2, -0.15) is 0 Å². The van der Waals surface area contributed by atoms with Crippen LogP contribution in [0.3, 0.4) is 0 Å². The number of hydrogen-bond donors (Lipinski definition) is 0. The van der Waals surface area contributed by atoms with Crippen LogP contribution < -0.4 is 5.56 Å². The Hall–Kier alpha value is -3.02. The van der Waals surface area contributed by atoms with Crippen LogP contribution in [0.1, 0.15) is 78.8 Å². The Morgan fingerprint density at radius 2 is 1.88 bits per heavy atom. The molecular weight excluding hydrogens is 424 g/mol. The van der Waals surface area contributed by atoms with Gasteiger partial charge >= 0.3 is 0 Å². The van der Waals surface area contributed by atoms with Gasteiger partial charge in [0.2, 0.25) is 5.88 Å². The molecule has 2 rings (SSSR count). The quantitative estimate of drug-likeness (QED) is 0.284. The molecule has 6 heteroatoms. The van der Waals surface area contributed by atoms with E-state index in [4.69, 9.17) is 4.74 Å². The first kappa shape index (κ1) is 29.0. The number of hydrogen-bond acceptors (Lipinski definition) is 5. The molecule has 0 aliphatic heterocycles. The second kappa shape index (κ2) is 16.6. The van der Waals surface area contributed by atoms with E-state index in [0.29, 0.717) is 23.2 Å². The molecule has 0 fully saturated rings. The molecule has 186 valence electrons. The summed E-state index contributed by atoms with van der Waals surface area (Å²) in [7, 11) is 1.61. The average molecular weight is 467 g/mol. The molecule has 1 unspecified atom stereocenters. The monoisotopic (exact) mass is 466 g/mol. The Labute approximate surface area is 205 Å². The summed E-state index contributed by atoms with van der Waals surface area (Å²) in [6.07, 6.45) is 13.5. The first-order valence-electron chi connectivity index (χ1n) is 12.5. The second-order valence-electron chi connectivity index (χ2n) is 7.97. The highest BCUT2D eigenvalue weighted by molar-refractivity contribution is 5.76. The van der Waals surface area contributed by atoms with Gasteiger partial charge in [0.15, 0.2) is 0 Å². The average Bonchev–Trinajstić information content (AvgIpc) is 2.85. The number of rotatable bonds is 10. The van der Waals surface area contributed by atoms with Gasteiger partial charge in [-0.1, -0.05) is 47.5 Å². The summed E-state index contributed by atoms with van der Waals surface area (Å²) < 4.78 is 7.02. The number of aliphatic imine (C=N–C) groups is 1. The van der Waals surface area contributed by atoms with Crippen molar-refractivity contribution in [2.45, 2.75) is 79.7 Å². The minimum absolute atomic E-state index is 0.00636. The van der Waals surface area contributed by atoms with Gasteiger partial charge in [0, 0.05) is 24.7 Å². The molecule has 0 aliphatic carbocycles. The van der Waals surface area contributed by atoms with Crippen LogP contribution in [0.15, 0.2) is 64.7 Å². The smallest absolute Gasteiger partial charge is 0.261 e. The Morgan fingerprint density at radius 1 is 1.18 bits per heavy atom. The van der Waals surface area contributed by atoms with Crippen LogP contribution in [0.2, 0.25) is 0 Å². The van der Waals surface area contributed by atoms with Crippen molar-refractivity contribution in [1.29, 1.82) is 0 Å². The molecule has 2 aromatic heterocycles. The van der Waals surface area contributed by atoms with Crippen molar-refractivity contribution in [2.75, 3.05) is 7.11 Å². The topological polar surface area (TPSA) is 69.4 Å². The normalized spacial score (nSPS) is 12.3. The van der Waals surface area contributed by atoms with Crippen molar-refractivity contribution in [3.8, 4) is 0 Å². The summed E-state index contributed by atoms with van der Waals surface area (Å²) in [4.78, 5) is 26.8. The van der Waals surface area contributed by atoms with Gasteiger partial charge in [0.1, 0.15) is 0 Å². The van der Waals surface area contributed by atoms with E-state index >= 15 is 0 Å². The Bertz CT molecular complexity index is 1040. The number of ether oxygens (including phenoxy) is 1. The lowest BCUT2D eigenvalue weighted by Crippen LogP contribution is -2.25. The third kappa shape index (κ3) is 9.08. The fourth-order valence-electron chi connectivity index (χ4n) is 3.72. The first-order chi connectivity index (χ1) is 16.5. The highest BCUT2D eigenvalue weighted by Crippen LogP contribution is 2.19. The van der Waals surface area contributed by atoms with Gasteiger partial charge in [-0.25, -0.2) is 9.98 Å². The Kier molecular flexibility index (Phi) is 14.1. The van der Waals surface area contributed by atoms with Crippen LogP contribution in [0.4, 0.5) is 0 Å². The van der Waals surface area contributed by atoms with E-state index < -0.39 is 0 Å². The number of fused-ring (bicyclic) bond motifs is 1. The van der Waals surface area contributed by atoms with Crippen LogP contribution >= 0.6 is 0 Å². The SMILES string of the molecule is C/C=C(\N=C/C(C)Cc1ccncccc2ncn(C(CCC)CCC)c(=O)c2c1)OC.CC. The fraction of sp³-hybridized carbons (Fsp3) is 0.500. The van der Waals surface area contributed by atoms with E-state index in [1.807, 2.05) is 61.9 Å². The maximum Gasteiger partial charge on any atom is 0.261 e. The predicted octanol–water partition coefficient (Wildman–Crippen LogP) is 6.84. The molecule has 0 amide bonds. The molecule has 0 saturated heterocycles. The van der Waals surface area contributed by atoms with Gasteiger partial charge in [-0.15, -0.1) is 0 Å². The zero-order chi connectivity index (χ0) is 25.3. The van der Waals surface area contributed by atoms with Crippen LogP contribution in [0, 0.1) is 5.92 Å². The number of allylic oxidation sites excluding steroid dienone is 1. The molecule has 1 atom stereocenters. The van der Waals surface area contributed by atoms with E-state index in [0.717, 1.165) is 31.2 Å². The zero-order valence-electron chi connectivity index (χ0n) is 22.0. The molecule has 0 saturated carbocycles. The van der Waals surface area contributed by atoms with Crippen LogP contribution in [-0.2, 0) is 11.2 Å². The molecule has 0 bridgehead atoms. The van der Waals surface area contributed by atoms with Crippen LogP contribution in [0.25, 0.3) is 10.9 Å². The van der Waals surface area contributed by atoms with Crippen LogP contribution in [-0.4, -0.2) is 27.9 Å². The van der Waals surface area contributed by atoms with Gasteiger partial charge in [-0.3, -0.25) is 14.3 Å². The molecule has 0 spiro atoms. The third-order valence-corrected chi connectivity index (χ3v) is 5.30. The van der Waals surface area contributed by atoms with Gasteiger partial charge in [-0.05, 0) is 68.0 Å². The number of methoxy groups -OCH3 is 1. The molecule has 34 heavy (non-hydrogen) atoms. The maximum absolute atomic E-state index is 13.5. The minimum Gasteiger partial charge on any atom is -0.481 e. The minimum atomic E-state index is 0.00636. The van der Waals surface area contributed by atoms with Gasteiger partial charge < -0.3 is 4.74 Å². The molecule has 0 N–H and O–H groups in total. The first-order valence-corrected chi connectivity index (χ1v) is 12.5. The predicted molar refractivity (Wildman–Crippen MR) is 144 cm³/mol. The Balaban J connectivity index is 0.00000281. The van der Waals surface area contributed by atoms with E-state index in [1.165, 1.54) is 0 Å². The maximum atomic E-state index is 13.5. The van der Waals surface area contributed by atoms with Crippen molar-refractivity contribution < 1.29 is 4.74 Å². The van der Waals surface area contributed by atoms with Crippen molar-refractivity contribution in [1.82, 2.24) is 14.5 Å². The van der Waals surface area contributed by atoms with Gasteiger partial charge in [0.05, 0.1) is 24.3 Å². The third-order valence-electron chi connectivity index (χ3n) is 5.30. The van der Waals surface area contributed by atoms with E-state index in [2.05, 4.69) is 35.7 Å². The van der Waals surface area contributed by atoms with E-state index in [9.17, 15) is 4.79 Å².